The van der Waals surface area contributed by atoms with E-state index in [-0.39, 0.29) is 37.5 Å². The first kappa shape index (κ1) is 15.5. The van der Waals surface area contributed by atoms with Crippen LogP contribution in [0.25, 0.3) is 0 Å². The topological polar surface area (TPSA) is 96.0 Å². The van der Waals surface area contributed by atoms with Crippen LogP contribution in [0.15, 0.2) is 12.2 Å². The van der Waals surface area contributed by atoms with Gasteiger partial charge in [-0.3, -0.25) is 9.59 Å². The van der Waals surface area contributed by atoms with Crippen molar-refractivity contribution in [2.45, 2.75) is 50.6 Å². The van der Waals surface area contributed by atoms with Crippen molar-refractivity contribution < 1.29 is 24.0 Å². The highest BCUT2D eigenvalue weighted by Crippen LogP contribution is 2.24. The van der Waals surface area contributed by atoms with E-state index in [1.807, 2.05) is 0 Å². The van der Waals surface area contributed by atoms with Crippen LogP contribution in [0.2, 0.25) is 0 Å². The number of carbonyl (C=O) groups excluding carboxylic acids is 4. The molecule has 3 aliphatic rings. The summed E-state index contributed by atoms with van der Waals surface area (Å²) in [4.78, 5) is 53.3. The molecule has 2 saturated heterocycles. The molecule has 124 valence electrons. The number of urea groups is 1. The molecule has 8 nitrogen and oxygen atoms in total. The van der Waals surface area contributed by atoms with Crippen LogP contribution >= 0.6 is 0 Å². The number of rotatable bonds is 3. The zero-order chi connectivity index (χ0) is 16.4. The van der Waals surface area contributed by atoms with E-state index in [0.717, 1.165) is 25.7 Å². The van der Waals surface area contributed by atoms with Crippen molar-refractivity contribution in [3.8, 4) is 0 Å². The minimum absolute atomic E-state index is 0.00954. The van der Waals surface area contributed by atoms with E-state index in [0.29, 0.717) is 5.06 Å². The second-order valence-electron chi connectivity index (χ2n) is 5.92. The van der Waals surface area contributed by atoms with Gasteiger partial charge in [-0.2, -0.15) is 0 Å². The standard InChI is InChI=1S/C15H19N3O5/c19-12-7-8-13(20)18(12)23-14(21)9-17-11-6-4-2-1-3-5-10(11)16-15(17)22/h1-2,10-11H,3-9H2,(H,16,22)/b2-1+. The van der Waals surface area contributed by atoms with Gasteiger partial charge in [0.05, 0.1) is 12.1 Å². The number of hydroxylamine groups is 2. The van der Waals surface area contributed by atoms with Gasteiger partial charge < -0.3 is 15.1 Å². The van der Waals surface area contributed by atoms with Gasteiger partial charge in [-0.15, -0.1) is 5.06 Å². The highest BCUT2D eigenvalue weighted by atomic mass is 16.7. The molecule has 0 saturated carbocycles. The first-order valence-corrected chi connectivity index (χ1v) is 7.85. The molecule has 0 radical (unpaired) electrons. The van der Waals surface area contributed by atoms with E-state index in [2.05, 4.69) is 17.5 Å². The normalized spacial score (nSPS) is 29.0. The molecule has 0 bridgehead atoms. The van der Waals surface area contributed by atoms with Crippen LogP contribution in [0, 0.1) is 0 Å². The molecule has 23 heavy (non-hydrogen) atoms. The van der Waals surface area contributed by atoms with Gasteiger partial charge in [-0.05, 0) is 25.7 Å². The van der Waals surface area contributed by atoms with Crippen LogP contribution in [-0.4, -0.2) is 52.4 Å². The van der Waals surface area contributed by atoms with E-state index >= 15 is 0 Å². The molecular weight excluding hydrogens is 302 g/mol. The highest BCUT2D eigenvalue weighted by Gasteiger charge is 2.41. The molecule has 1 N–H and O–H groups in total. The average Bonchev–Trinajstić information content (AvgIpc) is 2.94. The van der Waals surface area contributed by atoms with E-state index in [1.165, 1.54) is 4.90 Å². The predicted octanol–water partition coefficient (Wildman–Crippen LogP) is 0.486. The average molecular weight is 321 g/mol. The number of nitrogens with zero attached hydrogens (tertiary/aromatic N) is 2. The molecule has 2 heterocycles. The SMILES string of the molecule is O=C(CN1C(=O)NC2CC/C=C/CCC21)ON1C(=O)CCC1=O. The molecule has 3 rings (SSSR count). The lowest BCUT2D eigenvalue weighted by Gasteiger charge is -2.26. The lowest BCUT2D eigenvalue weighted by molar-refractivity contribution is -0.197. The molecule has 0 aromatic heterocycles. The molecular formula is C15H19N3O5. The van der Waals surface area contributed by atoms with Crippen molar-refractivity contribution in [3.05, 3.63) is 12.2 Å². The number of imide groups is 1. The van der Waals surface area contributed by atoms with Crippen LogP contribution in [0.1, 0.15) is 38.5 Å². The quantitative estimate of drug-likeness (QED) is 0.603. The number of fused-ring (bicyclic) bond motifs is 1. The van der Waals surface area contributed by atoms with Gasteiger partial charge in [0.1, 0.15) is 6.54 Å². The van der Waals surface area contributed by atoms with Crippen LogP contribution in [0.3, 0.4) is 0 Å². The van der Waals surface area contributed by atoms with E-state index in [1.54, 1.807) is 0 Å². The Morgan fingerprint density at radius 1 is 1.13 bits per heavy atom. The molecule has 0 aromatic carbocycles. The zero-order valence-electron chi connectivity index (χ0n) is 12.7. The number of hydrogen-bond acceptors (Lipinski definition) is 5. The lowest BCUT2D eigenvalue weighted by Crippen LogP contribution is -2.43. The number of amides is 4. The third-order valence-electron chi connectivity index (χ3n) is 4.37. The van der Waals surface area contributed by atoms with Crippen LogP contribution < -0.4 is 5.32 Å². The molecule has 0 aromatic rings. The van der Waals surface area contributed by atoms with Crippen molar-refractivity contribution >= 4 is 23.8 Å². The third-order valence-corrected chi connectivity index (χ3v) is 4.37. The Morgan fingerprint density at radius 2 is 1.78 bits per heavy atom. The minimum atomic E-state index is -0.776. The van der Waals surface area contributed by atoms with Crippen molar-refractivity contribution in [3.63, 3.8) is 0 Å². The second-order valence-corrected chi connectivity index (χ2v) is 5.92. The summed E-state index contributed by atoms with van der Waals surface area (Å²) >= 11 is 0. The van der Waals surface area contributed by atoms with E-state index < -0.39 is 17.8 Å². The maximum absolute atomic E-state index is 12.1. The molecule has 2 atom stereocenters. The highest BCUT2D eigenvalue weighted by molar-refractivity contribution is 6.01. The van der Waals surface area contributed by atoms with Gasteiger partial charge in [0, 0.05) is 12.8 Å². The summed E-state index contributed by atoms with van der Waals surface area (Å²) in [5, 5.41) is 3.40. The predicted molar refractivity (Wildman–Crippen MR) is 77.6 cm³/mol. The monoisotopic (exact) mass is 321 g/mol. The van der Waals surface area contributed by atoms with Crippen molar-refractivity contribution in [1.29, 1.82) is 0 Å². The van der Waals surface area contributed by atoms with Gasteiger partial charge in [-0.1, -0.05) is 12.2 Å². The summed E-state index contributed by atoms with van der Waals surface area (Å²) in [6.07, 6.45) is 7.58. The first-order chi connectivity index (χ1) is 11.1. The Labute approximate surface area is 133 Å². The lowest BCUT2D eigenvalue weighted by atomic mass is 9.96. The maximum Gasteiger partial charge on any atom is 0.352 e. The smallest absolute Gasteiger partial charge is 0.333 e. The van der Waals surface area contributed by atoms with Gasteiger partial charge in [-0.25, -0.2) is 9.59 Å². The summed E-state index contributed by atoms with van der Waals surface area (Å²) in [6.45, 7) is -0.270. The van der Waals surface area contributed by atoms with Crippen molar-refractivity contribution in [1.82, 2.24) is 15.3 Å². The molecule has 2 unspecified atom stereocenters. The van der Waals surface area contributed by atoms with Crippen molar-refractivity contribution in [2.24, 2.45) is 0 Å². The number of hydrogen-bond donors (Lipinski definition) is 1. The fourth-order valence-electron chi connectivity index (χ4n) is 3.22. The van der Waals surface area contributed by atoms with Gasteiger partial charge >= 0.3 is 12.0 Å². The largest absolute Gasteiger partial charge is 0.352 e. The summed E-state index contributed by atoms with van der Waals surface area (Å²) in [5.74, 6) is -1.83. The molecule has 8 heteroatoms. The van der Waals surface area contributed by atoms with Crippen LogP contribution in [0.4, 0.5) is 4.79 Å². The van der Waals surface area contributed by atoms with E-state index in [9.17, 15) is 19.2 Å². The summed E-state index contributed by atoms with van der Waals surface area (Å²) in [5.41, 5.74) is 0. The summed E-state index contributed by atoms with van der Waals surface area (Å²) < 4.78 is 0. The molecule has 2 fully saturated rings. The minimum Gasteiger partial charge on any atom is -0.333 e. The Kier molecular flexibility index (Phi) is 4.31. The van der Waals surface area contributed by atoms with Gasteiger partial charge in [0.25, 0.3) is 11.8 Å². The maximum atomic E-state index is 12.1. The molecule has 2 aliphatic heterocycles. The Morgan fingerprint density at radius 3 is 2.48 bits per heavy atom. The Hall–Kier alpha value is -2.38. The Balaban J connectivity index is 1.62. The fourth-order valence-corrected chi connectivity index (χ4v) is 3.22. The number of carbonyl (C=O) groups is 4. The fraction of sp³-hybridized carbons (Fsp3) is 0.600. The third kappa shape index (κ3) is 3.20. The zero-order valence-corrected chi connectivity index (χ0v) is 12.7. The second kappa shape index (κ2) is 6.39. The van der Waals surface area contributed by atoms with Crippen molar-refractivity contribution in [2.75, 3.05) is 6.54 Å². The summed E-state index contributed by atoms with van der Waals surface area (Å²) in [6, 6.07) is -0.377. The molecule has 4 amide bonds. The van der Waals surface area contributed by atoms with Gasteiger partial charge in [0.2, 0.25) is 0 Å². The van der Waals surface area contributed by atoms with Crippen LogP contribution in [0.5, 0.6) is 0 Å². The first-order valence-electron chi connectivity index (χ1n) is 7.85. The van der Waals surface area contributed by atoms with Gasteiger partial charge in [0.15, 0.2) is 0 Å². The molecule has 0 spiro atoms. The summed E-state index contributed by atoms with van der Waals surface area (Å²) in [7, 11) is 0. The van der Waals surface area contributed by atoms with Crippen LogP contribution in [-0.2, 0) is 19.2 Å². The number of nitrogens with one attached hydrogen (secondary N) is 1. The van der Waals surface area contributed by atoms with E-state index in [4.69, 9.17) is 4.84 Å². The number of allylic oxidation sites excluding steroid dienone is 2. The Bertz CT molecular complexity index is 557. The molecule has 1 aliphatic carbocycles.